The van der Waals surface area contributed by atoms with Crippen LogP contribution in [0.15, 0.2) is 24.3 Å². The molecule has 1 aliphatic carbocycles. The Kier molecular flexibility index (Phi) is 7.45. The zero-order chi connectivity index (χ0) is 21.8. The Morgan fingerprint density at radius 3 is 2.24 bits per heavy atom. The number of hydrogen-bond acceptors (Lipinski definition) is 4. The monoisotopic (exact) mass is 424 g/mol. The van der Waals surface area contributed by atoms with Gasteiger partial charge in [-0.25, -0.2) is 8.78 Å². The number of amides is 1. The molecule has 3 atom stereocenters. The fraction of sp³-hybridized carbons (Fsp3) is 0.632. The number of aliphatic hydroxyl groups excluding tert-OH is 1. The Labute approximate surface area is 165 Å². The highest BCUT2D eigenvalue weighted by atomic mass is 19.4. The number of hydrogen-bond donors (Lipinski definition) is 3. The molecule has 1 fully saturated rings. The topological polar surface area (TPSA) is 98.6 Å². The summed E-state index contributed by atoms with van der Waals surface area (Å²) in [4.78, 5) is 11.8. The van der Waals surface area contributed by atoms with Gasteiger partial charge in [0.05, 0.1) is 6.10 Å². The molecule has 2 rings (SSSR count). The van der Waals surface area contributed by atoms with Crippen molar-refractivity contribution < 1.29 is 36.6 Å². The van der Waals surface area contributed by atoms with Crippen molar-refractivity contribution in [3.8, 4) is 5.75 Å². The molecule has 0 aliphatic heterocycles. The molecule has 5 nitrogen and oxygen atoms in total. The van der Waals surface area contributed by atoms with Crippen LogP contribution in [0.25, 0.3) is 0 Å². The number of nitrogens with two attached hydrogens (primary N) is 2. The predicted octanol–water partition coefficient (Wildman–Crippen LogP) is 3.13. The summed E-state index contributed by atoms with van der Waals surface area (Å²) >= 11 is 0. The average Bonchev–Trinajstić information content (AvgIpc) is 2.60. The third-order valence-electron chi connectivity index (χ3n) is 5.31. The van der Waals surface area contributed by atoms with Crippen molar-refractivity contribution in [1.29, 1.82) is 0 Å². The highest BCUT2D eigenvalue weighted by molar-refractivity contribution is 5.77. The first-order chi connectivity index (χ1) is 13.4. The lowest BCUT2D eigenvalue weighted by Crippen LogP contribution is -2.43. The van der Waals surface area contributed by atoms with Gasteiger partial charge in [0.1, 0.15) is 5.75 Å². The molecule has 1 aliphatic rings. The van der Waals surface area contributed by atoms with E-state index in [2.05, 4.69) is 4.74 Å². The lowest BCUT2D eigenvalue weighted by molar-refractivity contribution is -0.274. The Balaban J connectivity index is 1.92. The number of carbonyl (C=O) groups excluding carboxylic acids is 1. The maximum Gasteiger partial charge on any atom is 0.573 e. The van der Waals surface area contributed by atoms with Crippen molar-refractivity contribution in [3.05, 3.63) is 29.8 Å². The molecule has 164 valence electrons. The lowest BCUT2D eigenvalue weighted by Gasteiger charge is -2.34. The molecular formula is C19H25F5N2O3. The zero-order valence-electron chi connectivity index (χ0n) is 15.7. The first kappa shape index (κ1) is 23.3. The van der Waals surface area contributed by atoms with Crippen molar-refractivity contribution >= 4 is 5.91 Å². The molecule has 0 spiro atoms. The largest absolute Gasteiger partial charge is 0.573 e. The summed E-state index contributed by atoms with van der Waals surface area (Å²) in [5.74, 6) is -4.89. The van der Waals surface area contributed by atoms with Gasteiger partial charge in [0, 0.05) is 24.8 Å². The molecule has 10 heteroatoms. The van der Waals surface area contributed by atoms with Crippen molar-refractivity contribution in [1.82, 2.24) is 0 Å². The molecule has 0 bridgehead atoms. The van der Waals surface area contributed by atoms with Gasteiger partial charge >= 0.3 is 6.36 Å². The van der Waals surface area contributed by atoms with E-state index in [9.17, 15) is 31.9 Å². The van der Waals surface area contributed by atoms with E-state index in [-0.39, 0.29) is 50.2 Å². The van der Waals surface area contributed by atoms with E-state index < -0.39 is 36.3 Å². The molecule has 29 heavy (non-hydrogen) atoms. The minimum atomic E-state index is -4.79. The smallest absolute Gasteiger partial charge is 0.406 e. The second-order valence-corrected chi connectivity index (χ2v) is 7.57. The van der Waals surface area contributed by atoms with Crippen LogP contribution in [-0.2, 0) is 11.2 Å². The van der Waals surface area contributed by atoms with Crippen LogP contribution in [0.1, 0.15) is 37.7 Å². The van der Waals surface area contributed by atoms with Gasteiger partial charge in [-0.2, -0.15) is 0 Å². The van der Waals surface area contributed by atoms with Crippen LogP contribution in [0, 0.1) is 11.8 Å². The van der Waals surface area contributed by atoms with Crippen molar-refractivity contribution in [2.24, 2.45) is 23.3 Å². The number of ether oxygens (including phenoxy) is 1. The molecule has 1 saturated carbocycles. The standard InChI is InChI=1S/C19H25F5N2O3/c20-18(21)7-5-12(6-8-18)14(17(26)28)10-16(27)15(25)9-11-1-3-13(4-2-11)29-19(22,23)24/h1-4,12,14-16,27H,5-10,25H2,(H2,26,28). The minimum absolute atomic E-state index is 0.0536. The van der Waals surface area contributed by atoms with Crippen molar-refractivity contribution in [3.63, 3.8) is 0 Å². The highest BCUT2D eigenvalue weighted by Crippen LogP contribution is 2.40. The summed E-state index contributed by atoms with van der Waals surface area (Å²) in [7, 11) is 0. The molecule has 0 radical (unpaired) electrons. The number of carbonyl (C=O) groups is 1. The van der Waals surface area contributed by atoms with Gasteiger partial charge in [-0.3, -0.25) is 4.79 Å². The quantitative estimate of drug-likeness (QED) is 0.559. The van der Waals surface area contributed by atoms with Gasteiger partial charge in [-0.15, -0.1) is 13.2 Å². The van der Waals surface area contributed by atoms with Gasteiger partial charge in [0.2, 0.25) is 11.8 Å². The fourth-order valence-electron chi connectivity index (χ4n) is 3.68. The number of halogens is 5. The summed E-state index contributed by atoms with van der Waals surface area (Å²) in [6.45, 7) is 0. The van der Waals surface area contributed by atoms with E-state index in [1.54, 1.807) is 0 Å². The van der Waals surface area contributed by atoms with E-state index in [1.807, 2.05) is 0 Å². The van der Waals surface area contributed by atoms with Crippen molar-refractivity contribution in [2.75, 3.05) is 0 Å². The number of benzene rings is 1. The number of primary amides is 1. The maximum absolute atomic E-state index is 13.3. The van der Waals surface area contributed by atoms with Gasteiger partial charge in [-0.1, -0.05) is 12.1 Å². The molecule has 1 aromatic rings. The third kappa shape index (κ3) is 7.43. The second kappa shape index (κ2) is 9.25. The first-order valence-electron chi connectivity index (χ1n) is 9.32. The number of aliphatic hydroxyl groups is 1. The van der Waals surface area contributed by atoms with Gasteiger partial charge in [-0.05, 0) is 49.3 Å². The van der Waals surface area contributed by atoms with Crippen LogP contribution in [0.5, 0.6) is 5.75 Å². The summed E-state index contributed by atoms with van der Waals surface area (Å²) in [5, 5.41) is 10.4. The summed E-state index contributed by atoms with van der Waals surface area (Å²) in [5.41, 5.74) is 12.0. The molecule has 1 aromatic carbocycles. The number of rotatable bonds is 8. The summed E-state index contributed by atoms with van der Waals surface area (Å²) in [6, 6.07) is 4.24. The predicted molar refractivity (Wildman–Crippen MR) is 95.0 cm³/mol. The molecule has 5 N–H and O–H groups in total. The molecular weight excluding hydrogens is 399 g/mol. The molecule has 1 amide bonds. The van der Waals surface area contributed by atoms with Crippen LogP contribution < -0.4 is 16.2 Å². The Morgan fingerprint density at radius 1 is 1.21 bits per heavy atom. The average molecular weight is 424 g/mol. The van der Waals surface area contributed by atoms with E-state index >= 15 is 0 Å². The normalized spacial score (nSPS) is 20.7. The van der Waals surface area contributed by atoms with Crippen LogP contribution in [0.2, 0.25) is 0 Å². The fourth-order valence-corrected chi connectivity index (χ4v) is 3.68. The minimum Gasteiger partial charge on any atom is -0.406 e. The lowest BCUT2D eigenvalue weighted by atomic mass is 9.75. The van der Waals surface area contributed by atoms with Crippen LogP contribution in [-0.4, -0.2) is 35.4 Å². The zero-order valence-corrected chi connectivity index (χ0v) is 15.7. The van der Waals surface area contributed by atoms with Crippen LogP contribution in [0.4, 0.5) is 22.0 Å². The van der Waals surface area contributed by atoms with Gasteiger partial charge in [0.25, 0.3) is 0 Å². The second-order valence-electron chi connectivity index (χ2n) is 7.57. The van der Waals surface area contributed by atoms with Crippen molar-refractivity contribution in [2.45, 2.75) is 63.0 Å². The van der Waals surface area contributed by atoms with E-state index in [0.717, 1.165) is 12.1 Å². The molecule has 0 saturated heterocycles. The third-order valence-corrected chi connectivity index (χ3v) is 5.31. The van der Waals surface area contributed by atoms with Gasteiger partial charge in [0.15, 0.2) is 0 Å². The van der Waals surface area contributed by atoms with E-state index in [0.29, 0.717) is 5.56 Å². The molecule has 0 aromatic heterocycles. The Morgan fingerprint density at radius 2 is 1.76 bits per heavy atom. The Hall–Kier alpha value is -1.94. The number of alkyl halides is 5. The summed E-state index contributed by atoms with van der Waals surface area (Å²) < 4.78 is 67.0. The Bertz CT molecular complexity index is 671. The summed E-state index contributed by atoms with van der Waals surface area (Å²) in [6.07, 6.45) is -6.19. The van der Waals surface area contributed by atoms with Crippen LogP contribution >= 0.6 is 0 Å². The molecule has 0 heterocycles. The first-order valence-corrected chi connectivity index (χ1v) is 9.32. The SMILES string of the molecule is NC(=O)C(CC(O)C(N)Cc1ccc(OC(F)(F)F)cc1)C1CCC(F)(F)CC1. The highest BCUT2D eigenvalue weighted by Gasteiger charge is 2.40. The van der Waals surface area contributed by atoms with Crippen LogP contribution in [0.3, 0.4) is 0 Å². The molecule has 3 unspecified atom stereocenters. The van der Waals surface area contributed by atoms with Gasteiger partial charge < -0.3 is 21.3 Å². The van der Waals surface area contributed by atoms with E-state index in [4.69, 9.17) is 11.5 Å². The van der Waals surface area contributed by atoms with E-state index in [1.165, 1.54) is 12.1 Å². The maximum atomic E-state index is 13.3.